The highest BCUT2D eigenvalue weighted by molar-refractivity contribution is 7.98. The summed E-state index contributed by atoms with van der Waals surface area (Å²) in [6.07, 6.45) is 3.26. The maximum absolute atomic E-state index is 5.46. The van der Waals surface area contributed by atoms with Crippen LogP contribution in [-0.2, 0) is 0 Å². The van der Waals surface area contributed by atoms with Gasteiger partial charge >= 0.3 is 0 Å². The third kappa shape index (κ3) is 3.05. The molecule has 2 atom stereocenters. The molecule has 1 aliphatic heterocycles. The van der Waals surface area contributed by atoms with E-state index in [1.807, 2.05) is 12.3 Å². The van der Waals surface area contributed by atoms with Gasteiger partial charge in [-0.05, 0) is 24.5 Å². The summed E-state index contributed by atoms with van der Waals surface area (Å²) in [7, 11) is 0. The second-order valence-corrected chi connectivity index (χ2v) is 5.87. The number of nitrogen functional groups attached to an aromatic ring is 1. The predicted octanol–water partition coefficient (Wildman–Crippen LogP) is 1.97. The highest BCUT2D eigenvalue weighted by Crippen LogP contribution is 2.27. The number of piperidine rings is 1. The van der Waals surface area contributed by atoms with Gasteiger partial charge < -0.3 is 10.3 Å². The first-order valence-corrected chi connectivity index (χ1v) is 7.49. The lowest BCUT2D eigenvalue weighted by molar-refractivity contribution is 0.355. The topological polar surface area (TPSA) is 67.1 Å². The molecule has 1 aromatic heterocycles. The Labute approximate surface area is 113 Å². The van der Waals surface area contributed by atoms with Crippen LogP contribution >= 0.6 is 11.8 Å². The first-order chi connectivity index (χ1) is 8.62. The number of nitrogens with two attached hydrogens (primary N) is 1. The maximum Gasteiger partial charge on any atom is 0.191 e. The number of anilines is 2. The van der Waals surface area contributed by atoms with Gasteiger partial charge in [0.2, 0.25) is 0 Å². The molecule has 0 aromatic carbocycles. The van der Waals surface area contributed by atoms with Gasteiger partial charge in [-0.15, -0.1) is 0 Å². The van der Waals surface area contributed by atoms with E-state index in [4.69, 9.17) is 5.84 Å². The number of nitrogens with one attached hydrogen (secondary N) is 1. The smallest absolute Gasteiger partial charge is 0.191 e. The summed E-state index contributed by atoms with van der Waals surface area (Å²) in [5.74, 6) is 8.52. The molecule has 0 amide bonds. The van der Waals surface area contributed by atoms with Crippen molar-refractivity contribution in [1.82, 2.24) is 9.97 Å². The molecule has 0 bridgehead atoms. The Hall–Kier alpha value is -1.01. The summed E-state index contributed by atoms with van der Waals surface area (Å²) in [5, 5.41) is 0.756. The second kappa shape index (κ2) is 5.75. The van der Waals surface area contributed by atoms with E-state index in [1.54, 1.807) is 0 Å². The molecule has 0 aliphatic carbocycles. The molecule has 2 unspecified atom stereocenters. The molecule has 1 aliphatic rings. The van der Waals surface area contributed by atoms with Crippen LogP contribution < -0.4 is 16.2 Å². The SMILES string of the molecule is CSc1nc(NN)cc(N2CC(C)CC(C)C2)n1. The molecular weight excluding hydrogens is 246 g/mol. The number of rotatable bonds is 3. The van der Waals surface area contributed by atoms with Crippen LogP contribution in [0.15, 0.2) is 11.2 Å². The number of hydrogen-bond acceptors (Lipinski definition) is 6. The van der Waals surface area contributed by atoms with Gasteiger partial charge in [-0.1, -0.05) is 25.6 Å². The van der Waals surface area contributed by atoms with Crippen LogP contribution in [0.25, 0.3) is 0 Å². The van der Waals surface area contributed by atoms with Crippen LogP contribution in [-0.4, -0.2) is 29.3 Å². The van der Waals surface area contributed by atoms with Crippen molar-refractivity contribution in [2.75, 3.05) is 29.7 Å². The third-order valence-electron chi connectivity index (χ3n) is 3.22. The molecule has 2 heterocycles. The largest absolute Gasteiger partial charge is 0.356 e. The Morgan fingerprint density at radius 2 is 2.00 bits per heavy atom. The minimum absolute atomic E-state index is 0.676. The Kier molecular flexibility index (Phi) is 4.29. The summed E-state index contributed by atoms with van der Waals surface area (Å²) < 4.78 is 0. The van der Waals surface area contributed by atoms with Gasteiger partial charge in [-0.25, -0.2) is 15.8 Å². The predicted molar refractivity (Wildman–Crippen MR) is 76.8 cm³/mol. The molecule has 0 radical (unpaired) electrons. The number of hydrogen-bond donors (Lipinski definition) is 2. The Bertz CT molecular complexity index is 379. The van der Waals surface area contributed by atoms with Crippen LogP contribution in [0, 0.1) is 11.8 Å². The lowest BCUT2D eigenvalue weighted by Crippen LogP contribution is -2.39. The zero-order valence-electron chi connectivity index (χ0n) is 11.2. The Morgan fingerprint density at radius 1 is 1.33 bits per heavy atom. The van der Waals surface area contributed by atoms with Crippen LogP contribution in [0.1, 0.15) is 20.3 Å². The van der Waals surface area contributed by atoms with Crippen LogP contribution in [0.3, 0.4) is 0 Å². The van der Waals surface area contributed by atoms with Crippen molar-refractivity contribution >= 4 is 23.4 Å². The maximum atomic E-state index is 5.46. The van der Waals surface area contributed by atoms with Gasteiger partial charge in [0, 0.05) is 19.2 Å². The fraction of sp³-hybridized carbons (Fsp3) is 0.667. The average molecular weight is 267 g/mol. The zero-order valence-corrected chi connectivity index (χ0v) is 12.0. The molecule has 2 rings (SSSR count). The van der Waals surface area contributed by atoms with E-state index in [9.17, 15) is 0 Å². The second-order valence-electron chi connectivity index (χ2n) is 5.09. The fourth-order valence-corrected chi connectivity index (χ4v) is 2.96. The summed E-state index contributed by atoms with van der Waals surface area (Å²) in [5.41, 5.74) is 2.61. The van der Waals surface area contributed by atoms with Crippen molar-refractivity contribution in [1.29, 1.82) is 0 Å². The van der Waals surface area contributed by atoms with Crippen molar-refractivity contribution < 1.29 is 0 Å². The molecule has 1 aromatic rings. The van der Waals surface area contributed by atoms with E-state index < -0.39 is 0 Å². The Balaban J connectivity index is 2.25. The van der Waals surface area contributed by atoms with Crippen LogP contribution in [0.2, 0.25) is 0 Å². The summed E-state index contributed by atoms with van der Waals surface area (Å²) in [6, 6.07) is 1.92. The summed E-state index contributed by atoms with van der Waals surface area (Å²) >= 11 is 1.53. The van der Waals surface area contributed by atoms with Crippen molar-refractivity contribution in [3.63, 3.8) is 0 Å². The standard InChI is InChI=1S/C12H21N5S/c1-8-4-9(2)7-17(6-8)11-5-10(16-13)14-12(15-11)18-3/h5,8-9H,4,6-7,13H2,1-3H3,(H,14,15,16). The van der Waals surface area contributed by atoms with Crippen molar-refractivity contribution in [3.8, 4) is 0 Å². The van der Waals surface area contributed by atoms with E-state index in [-0.39, 0.29) is 0 Å². The minimum atomic E-state index is 0.676. The van der Waals surface area contributed by atoms with E-state index in [1.165, 1.54) is 18.2 Å². The average Bonchev–Trinajstić information content (AvgIpc) is 2.37. The zero-order chi connectivity index (χ0) is 13.1. The van der Waals surface area contributed by atoms with E-state index in [0.717, 1.165) is 24.1 Å². The highest BCUT2D eigenvalue weighted by atomic mass is 32.2. The van der Waals surface area contributed by atoms with Gasteiger partial charge in [0.25, 0.3) is 0 Å². The molecule has 0 spiro atoms. The number of thioether (sulfide) groups is 1. The lowest BCUT2D eigenvalue weighted by atomic mass is 9.92. The molecule has 0 saturated carbocycles. The van der Waals surface area contributed by atoms with Gasteiger partial charge in [0.05, 0.1) is 0 Å². The molecule has 6 heteroatoms. The normalized spacial score (nSPS) is 24.1. The monoisotopic (exact) mass is 267 g/mol. The number of aromatic nitrogens is 2. The van der Waals surface area contributed by atoms with Crippen LogP contribution in [0.5, 0.6) is 0 Å². The molecule has 3 N–H and O–H groups in total. The van der Waals surface area contributed by atoms with Gasteiger partial charge in [-0.2, -0.15) is 0 Å². The van der Waals surface area contributed by atoms with Gasteiger partial charge in [-0.3, -0.25) is 0 Å². The van der Waals surface area contributed by atoms with Crippen LogP contribution in [0.4, 0.5) is 11.6 Å². The number of nitrogens with zero attached hydrogens (tertiary/aromatic N) is 3. The number of hydrazine groups is 1. The lowest BCUT2D eigenvalue weighted by Gasteiger charge is -2.35. The molecule has 18 heavy (non-hydrogen) atoms. The van der Waals surface area contributed by atoms with Crippen molar-refractivity contribution in [2.24, 2.45) is 17.7 Å². The van der Waals surface area contributed by atoms with Gasteiger partial charge in [0.1, 0.15) is 11.6 Å². The van der Waals surface area contributed by atoms with E-state index in [2.05, 4.69) is 34.1 Å². The van der Waals surface area contributed by atoms with Gasteiger partial charge in [0.15, 0.2) is 5.16 Å². The quantitative estimate of drug-likeness (QED) is 0.378. The fourth-order valence-electron chi connectivity index (χ4n) is 2.59. The molecule has 1 saturated heterocycles. The summed E-state index contributed by atoms with van der Waals surface area (Å²) in [6.45, 7) is 6.70. The van der Waals surface area contributed by atoms with Crippen molar-refractivity contribution in [2.45, 2.75) is 25.4 Å². The van der Waals surface area contributed by atoms with Crippen molar-refractivity contribution in [3.05, 3.63) is 6.07 Å². The Morgan fingerprint density at radius 3 is 2.56 bits per heavy atom. The van der Waals surface area contributed by atoms with E-state index >= 15 is 0 Å². The molecule has 1 fully saturated rings. The van der Waals surface area contributed by atoms with E-state index in [0.29, 0.717) is 17.7 Å². The third-order valence-corrected chi connectivity index (χ3v) is 3.76. The highest BCUT2D eigenvalue weighted by Gasteiger charge is 2.23. The first-order valence-electron chi connectivity index (χ1n) is 6.27. The molecule has 5 nitrogen and oxygen atoms in total. The molecule has 100 valence electrons. The minimum Gasteiger partial charge on any atom is -0.356 e. The first kappa shape index (κ1) is 13.4. The molecular formula is C12H21N5S. The summed E-state index contributed by atoms with van der Waals surface area (Å²) in [4.78, 5) is 11.2.